The minimum Gasteiger partial charge on any atom is -0.387 e. The SMILES string of the molecule is [C-]#[N+]CCOP(=S)(OC[C@H]1O[C@@H](n2ccc(=O)n(C(=O)c3ccccc3)c2=O)[C@@H](F)C1O)OC1[C@@H](CC)O[C@@H](n2cc(C)c(=O)[nH]c2=O)[C@H]1OCCOC. The van der Waals surface area contributed by atoms with E-state index in [0.717, 1.165) is 16.8 Å². The highest BCUT2D eigenvalue weighted by molar-refractivity contribution is 8.07. The minimum absolute atomic E-state index is 0.0295. The smallest absolute Gasteiger partial charge is 0.340 e. The van der Waals surface area contributed by atoms with E-state index in [9.17, 15) is 29.1 Å². The molecule has 2 aromatic heterocycles. The van der Waals surface area contributed by atoms with Gasteiger partial charge in [-0.15, -0.1) is 0 Å². The Kier molecular flexibility index (Phi) is 13.8. The van der Waals surface area contributed by atoms with Gasteiger partial charge >= 0.3 is 18.1 Å². The first-order valence-electron chi connectivity index (χ1n) is 16.7. The molecule has 2 aliphatic heterocycles. The van der Waals surface area contributed by atoms with E-state index in [1.807, 2.05) is 0 Å². The highest BCUT2D eigenvalue weighted by Crippen LogP contribution is 2.54. The lowest BCUT2D eigenvalue weighted by Crippen LogP contribution is -2.45. The van der Waals surface area contributed by atoms with E-state index in [4.69, 9.17) is 50.9 Å². The maximum Gasteiger partial charge on any atom is 0.340 e. The third-order valence-electron chi connectivity index (χ3n) is 8.61. The van der Waals surface area contributed by atoms with Crippen LogP contribution in [-0.2, 0) is 44.3 Å². The first-order chi connectivity index (χ1) is 25.8. The van der Waals surface area contributed by atoms with Crippen molar-refractivity contribution in [2.75, 3.05) is 40.1 Å². The maximum atomic E-state index is 15.7. The summed E-state index contributed by atoms with van der Waals surface area (Å²) in [4.78, 5) is 69.5. The van der Waals surface area contributed by atoms with E-state index >= 15 is 4.39 Å². The zero-order valence-electron chi connectivity index (χ0n) is 29.3. The van der Waals surface area contributed by atoms with Crippen LogP contribution in [0.1, 0.15) is 41.7 Å². The molecule has 0 aliphatic carbocycles. The van der Waals surface area contributed by atoms with Crippen LogP contribution < -0.4 is 22.5 Å². The van der Waals surface area contributed by atoms with Crippen molar-refractivity contribution in [1.29, 1.82) is 0 Å². The van der Waals surface area contributed by atoms with Crippen molar-refractivity contribution in [3.8, 4) is 0 Å². The molecule has 4 heterocycles. The Balaban J connectivity index is 1.40. The van der Waals surface area contributed by atoms with Gasteiger partial charge in [0.1, 0.15) is 31.0 Å². The van der Waals surface area contributed by atoms with Crippen molar-refractivity contribution >= 4 is 24.4 Å². The lowest BCUT2D eigenvalue weighted by Gasteiger charge is -2.30. The number of carbonyl (C=O) groups excluding carboxylic acids is 1. The summed E-state index contributed by atoms with van der Waals surface area (Å²) in [5.41, 5.74) is -3.24. The van der Waals surface area contributed by atoms with Gasteiger partial charge in [-0.25, -0.2) is 20.6 Å². The molecule has 5 rings (SSSR count). The van der Waals surface area contributed by atoms with Crippen LogP contribution in [0.2, 0.25) is 0 Å². The second-order valence-corrected chi connectivity index (χ2v) is 15.1. The number of H-pyrrole nitrogens is 1. The highest BCUT2D eigenvalue weighted by Gasteiger charge is 2.51. The second kappa shape index (κ2) is 18.1. The van der Waals surface area contributed by atoms with E-state index in [1.165, 1.54) is 32.4 Å². The summed E-state index contributed by atoms with van der Waals surface area (Å²) in [7, 11) is 1.47. The van der Waals surface area contributed by atoms with Crippen molar-refractivity contribution in [2.45, 2.75) is 69.4 Å². The number of aryl methyl sites for hydroxylation is 1. The number of halogens is 1. The Morgan fingerprint density at radius 1 is 1.04 bits per heavy atom. The van der Waals surface area contributed by atoms with Crippen molar-refractivity contribution < 1.29 is 46.8 Å². The fourth-order valence-corrected chi connectivity index (χ4v) is 7.96. The summed E-state index contributed by atoms with van der Waals surface area (Å²) in [6.07, 6.45) is -8.78. The van der Waals surface area contributed by atoms with Crippen LogP contribution in [0, 0.1) is 13.5 Å². The van der Waals surface area contributed by atoms with Crippen molar-refractivity contribution in [3.05, 3.63) is 113 Å². The fraction of sp³-hybridized carbons (Fsp3) is 0.515. The molecular weight excluding hydrogens is 756 g/mol. The van der Waals surface area contributed by atoms with Crippen molar-refractivity contribution in [1.82, 2.24) is 18.7 Å². The van der Waals surface area contributed by atoms with Gasteiger partial charge in [0.15, 0.2) is 18.6 Å². The van der Waals surface area contributed by atoms with Crippen LogP contribution in [0.25, 0.3) is 4.85 Å². The van der Waals surface area contributed by atoms with Crippen LogP contribution in [0.15, 0.2) is 68.0 Å². The van der Waals surface area contributed by atoms with Crippen molar-refractivity contribution in [2.24, 2.45) is 0 Å². The first kappa shape index (κ1) is 41.2. The fourth-order valence-electron chi connectivity index (χ4n) is 5.87. The van der Waals surface area contributed by atoms with Gasteiger partial charge in [0.25, 0.3) is 17.0 Å². The van der Waals surface area contributed by atoms with Crippen LogP contribution in [-0.4, -0.2) is 106 Å². The molecule has 0 amide bonds. The number of alkyl halides is 1. The van der Waals surface area contributed by atoms with E-state index < -0.39 is 90.9 Å². The Morgan fingerprint density at radius 2 is 1.76 bits per heavy atom. The number of nitrogens with one attached hydrogen (secondary N) is 1. The van der Waals surface area contributed by atoms with Gasteiger partial charge < -0.3 is 37.9 Å². The van der Waals surface area contributed by atoms with Crippen LogP contribution in [0.3, 0.4) is 0 Å². The number of hydrogen-bond acceptors (Lipinski definition) is 14. The Labute approximate surface area is 312 Å². The molecule has 2 N–H and O–H groups in total. The number of aliphatic hydroxyl groups excluding tert-OH is 1. The zero-order valence-corrected chi connectivity index (χ0v) is 31.1. The molecular formula is C33H39FN5O13PS. The van der Waals surface area contributed by atoms with Crippen LogP contribution in [0.5, 0.6) is 0 Å². The number of methoxy groups -OCH3 is 1. The van der Waals surface area contributed by atoms with Gasteiger partial charge in [-0.2, -0.15) is 4.57 Å². The number of nitrogens with zero attached hydrogens (tertiary/aromatic N) is 4. The molecule has 3 aromatic rings. The average molecular weight is 796 g/mol. The summed E-state index contributed by atoms with van der Waals surface area (Å²) >= 11 is 5.74. The largest absolute Gasteiger partial charge is 0.387 e. The lowest BCUT2D eigenvalue weighted by atomic mass is 10.1. The molecule has 2 saturated heterocycles. The number of carbonyl (C=O) groups is 1. The quantitative estimate of drug-likeness (QED) is 0.118. The summed E-state index contributed by atoms with van der Waals surface area (Å²) in [6, 6.07) is 8.41. The number of benzene rings is 1. The molecule has 0 radical (unpaired) electrons. The number of aromatic amines is 1. The van der Waals surface area contributed by atoms with Gasteiger partial charge in [-0.3, -0.25) is 33.0 Å². The molecule has 0 spiro atoms. The van der Waals surface area contributed by atoms with E-state index in [1.54, 1.807) is 25.1 Å². The predicted octanol–water partition coefficient (Wildman–Crippen LogP) is 1.05. The lowest BCUT2D eigenvalue weighted by molar-refractivity contribution is -0.0801. The van der Waals surface area contributed by atoms with Crippen LogP contribution >= 0.6 is 6.72 Å². The van der Waals surface area contributed by atoms with Gasteiger partial charge in [-0.1, -0.05) is 25.1 Å². The van der Waals surface area contributed by atoms with E-state index in [2.05, 4.69) is 9.83 Å². The molecule has 2 fully saturated rings. The molecule has 9 atom stereocenters. The minimum atomic E-state index is -3.95. The van der Waals surface area contributed by atoms with Gasteiger partial charge in [0, 0.05) is 36.7 Å². The third kappa shape index (κ3) is 8.92. The molecule has 18 nitrogen and oxygen atoms in total. The van der Waals surface area contributed by atoms with Gasteiger partial charge in [0.2, 0.25) is 6.54 Å². The highest BCUT2D eigenvalue weighted by atomic mass is 32.5. The predicted molar refractivity (Wildman–Crippen MR) is 190 cm³/mol. The molecule has 3 unspecified atom stereocenters. The molecule has 0 saturated carbocycles. The molecule has 54 heavy (non-hydrogen) atoms. The third-order valence-corrected chi connectivity index (χ3v) is 11.0. The topological polar surface area (TPSA) is 205 Å². The average Bonchev–Trinajstić information content (AvgIpc) is 3.64. The Bertz CT molecular complexity index is 2120. The summed E-state index contributed by atoms with van der Waals surface area (Å²) in [5.74, 6) is -0.947. The summed E-state index contributed by atoms with van der Waals surface area (Å²) in [5, 5.41) is 10.9. The van der Waals surface area contributed by atoms with E-state index in [0.29, 0.717) is 15.6 Å². The number of aromatic nitrogens is 4. The molecule has 0 bridgehead atoms. The number of hydrogen-bond donors (Lipinski definition) is 2. The molecule has 2 aliphatic rings. The van der Waals surface area contributed by atoms with Gasteiger partial charge in [0.05, 0.1) is 25.9 Å². The molecule has 21 heteroatoms. The summed E-state index contributed by atoms with van der Waals surface area (Å²) < 4.78 is 59.1. The second-order valence-electron chi connectivity index (χ2n) is 12.2. The zero-order chi connectivity index (χ0) is 39.2. The van der Waals surface area contributed by atoms with Crippen LogP contribution in [0.4, 0.5) is 4.39 Å². The Hall–Kier alpha value is -4.00. The molecule has 1 aromatic carbocycles. The number of ether oxygens (including phenoxy) is 4. The Morgan fingerprint density at radius 3 is 2.44 bits per heavy atom. The number of rotatable bonds is 16. The first-order valence-corrected chi connectivity index (χ1v) is 19.3. The number of aliphatic hydroxyl groups is 1. The van der Waals surface area contributed by atoms with Crippen molar-refractivity contribution in [3.63, 3.8) is 0 Å². The summed E-state index contributed by atoms with van der Waals surface area (Å²) in [6.45, 7) is 5.69. The monoisotopic (exact) mass is 795 g/mol. The maximum absolute atomic E-state index is 15.7. The molecule has 292 valence electrons. The van der Waals surface area contributed by atoms with Gasteiger partial charge in [-0.05, 0) is 37.3 Å². The standard InChI is InChI=1S/C33H39FN5O13PS/c1-5-21-26(27(47-16-15-46-4)31(50-21)38-17-19(2)28(42)36-32(38)44)52-53(54,48-14-12-35-3)49-18-22-25(41)24(34)30(51-22)37-13-11-23(40)39(33(37)45)29(43)20-9-7-6-8-10-20/h6-11,13,17,21-22,24-27,30-31,41H,5,12,14-16,18H2,1-2,4H3,(H,36,42,44)/t21-,22-,24+,25?,26?,27+,30-,31-,53?/m1/s1. The van der Waals surface area contributed by atoms with E-state index in [-0.39, 0.29) is 37.5 Å². The normalized spacial score (nSPS) is 26.4.